The fourth-order valence-corrected chi connectivity index (χ4v) is 1.70. The summed E-state index contributed by atoms with van der Waals surface area (Å²) in [6.45, 7) is 0.804. The van der Waals surface area contributed by atoms with Crippen molar-refractivity contribution in [1.82, 2.24) is 9.97 Å². The van der Waals surface area contributed by atoms with Crippen LogP contribution in [0, 0.1) is 0 Å². The summed E-state index contributed by atoms with van der Waals surface area (Å²) in [7, 11) is 0. The van der Waals surface area contributed by atoms with Gasteiger partial charge in [-0.25, -0.2) is 9.97 Å². The number of nitrogens with zero attached hydrogens (tertiary/aromatic N) is 2. The van der Waals surface area contributed by atoms with Gasteiger partial charge in [-0.3, -0.25) is 0 Å². The van der Waals surface area contributed by atoms with Crippen LogP contribution in [0.2, 0.25) is 0 Å². The zero-order valence-corrected chi connectivity index (χ0v) is 9.83. The Labute approximate surface area is 98.5 Å². The van der Waals surface area contributed by atoms with E-state index in [9.17, 15) is 0 Å². The van der Waals surface area contributed by atoms with Crippen molar-refractivity contribution in [2.24, 2.45) is 0 Å². The molecule has 0 unspecified atom stereocenters. The summed E-state index contributed by atoms with van der Waals surface area (Å²) < 4.78 is 5.24. The van der Waals surface area contributed by atoms with Gasteiger partial charge < -0.3 is 9.73 Å². The zero-order chi connectivity index (χ0) is 11.2. The molecule has 0 saturated heterocycles. The quantitative estimate of drug-likeness (QED) is 0.637. The van der Waals surface area contributed by atoms with Crippen molar-refractivity contribution in [3.8, 4) is 0 Å². The van der Waals surface area contributed by atoms with E-state index >= 15 is 0 Å². The van der Waals surface area contributed by atoms with Gasteiger partial charge in [0.1, 0.15) is 22.9 Å². The van der Waals surface area contributed by atoms with Crippen LogP contribution >= 0.6 is 11.8 Å². The minimum absolute atomic E-state index is 0.804. The van der Waals surface area contributed by atoms with Gasteiger partial charge in [-0.05, 0) is 18.4 Å². The van der Waals surface area contributed by atoms with E-state index in [0.29, 0.717) is 0 Å². The summed E-state index contributed by atoms with van der Waals surface area (Å²) in [5, 5.41) is 4.20. The van der Waals surface area contributed by atoms with Gasteiger partial charge >= 0.3 is 0 Å². The van der Waals surface area contributed by atoms with Crippen molar-refractivity contribution in [3.05, 3.63) is 36.5 Å². The molecule has 0 fully saturated rings. The molecule has 2 heterocycles. The van der Waals surface area contributed by atoms with Crippen LogP contribution in [0.25, 0.3) is 0 Å². The molecular formula is C11H13N3OS. The zero-order valence-electron chi connectivity index (χ0n) is 9.01. The van der Waals surface area contributed by atoms with Crippen LogP contribution in [0.5, 0.6) is 0 Å². The Kier molecular flexibility index (Phi) is 3.82. The molecule has 5 heteroatoms. The number of nitrogens with one attached hydrogen (secondary N) is 1. The average Bonchev–Trinajstić information content (AvgIpc) is 2.82. The number of hydrogen-bond donors (Lipinski definition) is 1. The van der Waals surface area contributed by atoms with Crippen molar-refractivity contribution in [2.45, 2.75) is 11.4 Å². The van der Waals surface area contributed by atoms with Crippen LogP contribution in [0.3, 0.4) is 0 Å². The molecule has 84 valence electrons. The first-order chi connectivity index (χ1) is 7.88. The Morgan fingerprint density at radius 2 is 2.38 bits per heavy atom. The number of rotatable bonds is 5. The van der Waals surface area contributed by atoms with Gasteiger partial charge in [0.2, 0.25) is 0 Å². The Morgan fingerprint density at radius 1 is 1.44 bits per heavy atom. The summed E-state index contributed by atoms with van der Waals surface area (Å²) in [4.78, 5) is 8.25. The lowest BCUT2D eigenvalue weighted by molar-refractivity contribution is 0.513. The van der Waals surface area contributed by atoms with Crippen LogP contribution in [-0.2, 0) is 6.42 Å². The fourth-order valence-electron chi connectivity index (χ4n) is 1.32. The predicted molar refractivity (Wildman–Crippen MR) is 64.7 cm³/mol. The molecule has 0 bridgehead atoms. The maximum atomic E-state index is 5.24. The summed E-state index contributed by atoms with van der Waals surface area (Å²) in [5.74, 6) is 1.83. The molecule has 0 saturated carbocycles. The third-order valence-electron chi connectivity index (χ3n) is 2.11. The van der Waals surface area contributed by atoms with Crippen LogP contribution in [-0.4, -0.2) is 22.8 Å². The summed E-state index contributed by atoms with van der Waals surface area (Å²) in [6, 6.07) is 5.80. The highest BCUT2D eigenvalue weighted by molar-refractivity contribution is 7.98. The van der Waals surface area contributed by atoms with Crippen LogP contribution in [0.15, 0.2) is 40.2 Å². The lowest BCUT2D eigenvalue weighted by Gasteiger charge is -2.04. The van der Waals surface area contributed by atoms with Gasteiger partial charge in [0, 0.05) is 19.0 Å². The third-order valence-corrected chi connectivity index (χ3v) is 2.75. The number of thioether (sulfide) groups is 1. The van der Waals surface area contributed by atoms with Crippen molar-refractivity contribution in [1.29, 1.82) is 0 Å². The second-order valence-electron chi connectivity index (χ2n) is 3.20. The second-order valence-corrected chi connectivity index (χ2v) is 4.03. The first-order valence-electron chi connectivity index (χ1n) is 5.01. The van der Waals surface area contributed by atoms with Crippen LogP contribution < -0.4 is 5.32 Å². The molecule has 0 aliphatic carbocycles. The van der Waals surface area contributed by atoms with E-state index in [4.69, 9.17) is 4.42 Å². The maximum Gasteiger partial charge on any atom is 0.130 e. The Balaban J connectivity index is 1.85. The topological polar surface area (TPSA) is 51.0 Å². The first kappa shape index (κ1) is 11.0. The van der Waals surface area contributed by atoms with E-state index in [1.165, 1.54) is 0 Å². The Hall–Kier alpha value is -1.49. The predicted octanol–water partition coefficient (Wildman–Crippen LogP) is 2.45. The third kappa shape index (κ3) is 3.00. The molecule has 1 N–H and O–H groups in total. The largest absolute Gasteiger partial charge is 0.469 e. The molecule has 4 nitrogen and oxygen atoms in total. The smallest absolute Gasteiger partial charge is 0.130 e. The summed E-state index contributed by atoms with van der Waals surface area (Å²) in [6.07, 6.45) is 6.10. The van der Waals surface area contributed by atoms with Gasteiger partial charge in [0.05, 0.1) is 6.26 Å². The molecule has 0 aliphatic heterocycles. The minimum Gasteiger partial charge on any atom is -0.469 e. The van der Waals surface area contributed by atoms with Gasteiger partial charge in [-0.15, -0.1) is 11.8 Å². The molecule has 0 amide bonds. The summed E-state index contributed by atoms with van der Waals surface area (Å²) in [5.41, 5.74) is 0. The highest BCUT2D eigenvalue weighted by atomic mass is 32.2. The standard InChI is InChI=1S/C11H13N3OS/c1-16-11-7-10(13-8-14-11)12-5-4-9-3-2-6-15-9/h2-3,6-8H,4-5H2,1H3,(H,12,13,14). The number of anilines is 1. The maximum absolute atomic E-state index is 5.24. The average molecular weight is 235 g/mol. The Bertz CT molecular complexity index is 431. The van der Waals surface area contributed by atoms with Crippen molar-refractivity contribution in [2.75, 3.05) is 18.1 Å². The molecule has 16 heavy (non-hydrogen) atoms. The number of hydrogen-bond acceptors (Lipinski definition) is 5. The van der Waals surface area contributed by atoms with E-state index in [0.717, 1.165) is 29.6 Å². The lowest BCUT2D eigenvalue weighted by Crippen LogP contribution is -2.06. The van der Waals surface area contributed by atoms with E-state index in [-0.39, 0.29) is 0 Å². The second kappa shape index (κ2) is 5.55. The monoisotopic (exact) mass is 235 g/mol. The SMILES string of the molecule is CSc1cc(NCCc2ccco2)ncn1. The molecule has 0 spiro atoms. The molecule has 0 aliphatic rings. The number of aromatic nitrogens is 2. The highest BCUT2D eigenvalue weighted by Crippen LogP contribution is 2.13. The lowest BCUT2D eigenvalue weighted by atomic mass is 10.3. The van der Waals surface area contributed by atoms with Crippen LogP contribution in [0.4, 0.5) is 5.82 Å². The Morgan fingerprint density at radius 3 is 3.12 bits per heavy atom. The first-order valence-corrected chi connectivity index (χ1v) is 6.23. The van der Waals surface area contributed by atoms with Crippen molar-refractivity contribution < 1.29 is 4.42 Å². The van der Waals surface area contributed by atoms with E-state index in [2.05, 4.69) is 15.3 Å². The van der Waals surface area contributed by atoms with E-state index in [1.54, 1.807) is 24.4 Å². The highest BCUT2D eigenvalue weighted by Gasteiger charge is 1.98. The van der Waals surface area contributed by atoms with Gasteiger partial charge in [-0.1, -0.05) is 0 Å². The molecule has 0 radical (unpaired) electrons. The van der Waals surface area contributed by atoms with Crippen LogP contribution in [0.1, 0.15) is 5.76 Å². The normalized spacial score (nSPS) is 10.3. The molecule has 2 aromatic heterocycles. The van der Waals surface area contributed by atoms with Gasteiger partial charge in [0.25, 0.3) is 0 Å². The molecule has 0 aromatic carbocycles. The molecule has 2 rings (SSSR count). The number of furan rings is 1. The molecular weight excluding hydrogens is 222 g/mol. The minimum atomic E-state index is 0.804. The molecule has 0 atom stereocenters. The summed E-state index contributed by atoms with van der Waals surface area (Å²) >= 11 is 1.60. The van der Waals surface area contributed by atoms with Crippen molar-refractivity contribution in [3.63, 3.8) is 0 Å². The van der Waals surface area contributed by atoms with Crippen molar-refractivity contribution >= 4 is 17.6 Å². The van der Waals surface area contributed by atoms with E-state index in [1.807, 2.05) is 24.5 Å². The van der Waals surface area contributed by atoms with E-state index < -0.39 is 0 Å². The molecule has 2 aromatic rings. The van der Waals surface area contributed by atoms with Gasteiger partial charge in [0.15, 0.2) is 0 Å². The fraction of sp³-hybridized carbons (Fsp3) is 0.273. The van der Waals surface area contributed by atoms with Gasteiger partial charge in [-0.2, -0.15) is 0 Å².